The molecule has 2 N–H and O–H groups in total. The van der Waals surface area contributed by atoms with Gasteiger partial charge in [-0.25, -0.2) is 0 Å². The first kappa shape index (κ1) is 13.6. The molecule has 0 spiro atoms. The summed E-state index contributed by atoms with van der Waals surface area (Å²) < 4.78 is 0. The molecule has 0 aromatic heterocycles. The van der Waals surface area contributed by atoms with Crippen molar-refractivity contribution in [3.8, 4) is 0 Å². The van der Waals surface area contributed by atoms with E-state index in [1.165, 1.54) is 37.9 Å². The van der Waals surface area contributed by atoms with Crippen LogP contribution >= 0.6 is 0 Å². The molecule has 1 amide bonds. The van der Waals surface area contributed by atoms with Gasteiger partial charge in [-0.2, -0.15) is 0 Å². The highest BCUT2D eigenvalue weighted by Crippen LogP contribution is 2.23. The van der Waals surface area contributed by atoms with Crippen molar-refractivity contribution in [3.63, 3.8) is 0 Å². The average molecular weight is 273 g/mol. The van der Waals surface area contributed by atoms with Crippen LogP contribution in [0.5, 0.6) is 0 Å². The Balaban J connectivity index is 1.70. The second kappa shape index (κ2) is 5.94. The van der Waals surface area contributed by atoms with Gasteiger partial charge in [0.15, 0.2) is 0 Å². The quantitative estimate of drug-likeness (QED) is 0.912. The number of nitrogens with two attached hydrogens (primary N) is 1. The van der Waals surface area contributed by atoms with Gasteiger partial charge in [-0.15, -0.1) is 0 Å². The lowest BCUT2D eigenvalue weighted by atomic mass is 10.1. The molecule has 0 saturated carbocycles. The highest BCUT2D eigenvalue weighted by molar-refractivity contribution is 5.96. The maximum atomic E-state index is 11.9. The monoisotopic (exact) mass is 273 g/mol. The van der Waals surface area contributed by atoms with E-state index in [4.69, 9.17) is 5.73 Å². The Morgan fingerprint density at radius 3 is 2.70 bits per heavy atom. The second-order valence-corrected chi connectivity index (χ2v) is 5.98. The highest BCUT2D eigenvalue weighted by Gasteiger charge is 2.28. The van der Waals surface area contributed by atoms with Gasteiger partial charge in [0.1, 0.15) is 0 Å². The van der Waals surface area contributed by atoms with Crippen LogP contribution in [0.3, 0.4) is 0 Å². The predicted octanol–water partition coefficient (Wildman–Crippen LogP) is 1.74. The maximum absolute atomic E-state index is 11.9. The lowest BCUT2D eigenvalue weighted by Crippen LogP contribution is -2.30. The number of piperidine rings is 1. The van der Waals surface area contributed by atoms with E-state index in [1.807, 2.05) is 17.0 Å². The third-order valence-electron chi connectivity index (χ3n) is 4.23. The van der Waals surface area contributed by atoms with Gasteiger partial charge in [0, 0.05) is 31.2 Å². The molecule has 2 heterocycles. The molecule has 4 nitrogen and oxygen atoms in total. The Bertz CT molecular complexity index is 482. The molecular weight excluding hydrogens is 250 g/mol. The van der Waals surface area contributed by atoms with Crippen molar-refractivity contribution in [2.75, 3.05) is 24.5 Å². The number of nitrogens with zero attached hydrogens (tertiary/aromatic N) is 2. The number of amides is 1. The second-order valence-electron chi connectivity index (χ2n) is 5.98. The Hall–Kier alpha value is -1.39. The summed E-state index contributed by atoms with van der Waals surface area (Å²) in [6, 6.07) is 8.33. The summed E-state index contributed by atoms with van der Waals surface area (Å²) in [5.41, 5.74) is 8.16. The van der Waals surface area contributed by atoms with Crippen molar-refractivity contribution >= 4 is 11.6 Å². The van der Waals surface area contributed by atoms with Crippen molar-refractivity contribution in [2.24, 2.45) is 5.73 Å². The number of benzene rings is 1. The first-order valence-electron chi connectivity index (χ1n) is 7.59. The van der Waals surface area contributed by atoms with Gasteiger partial charge in [-0.1, -0.05) is 18.6 Å². The van der Waals surface area contributed by atoms with Gasteiger partial charge in [0.2, 0.25) is 5.91 Å². The summed E-state index contributed by atoms with van der Waals surface area (Å²) in [4.78, 5) is 16.2. The van der Waals surface area contributed by atoms with Crippen LogP contribution in [0.25, 0.3) is 0 Å². The van der Waals surface area contributed by atoms with Crippen molar-refractivity contribution in [2.45, 2.75) is 38.3 Å². The number of carbonyl (C=O) groups is 1. The number of rotatable bonds is 3. The summed E-state index contributed by atoms with van der Waals surface area (Å²) in [7, 11) is 0. The fraction of sp³-hybridized carbons (Fsp3) is 0.562. The minimum atomic E-state index is -0.0201. The van der Waals surface area contributed by atoms with Crippen molar-refractivity contribution in [1.82, 2.24) is 4.90 Å². The molecule has 0 bridgehead atoms. The van der Waals surface area contributed by atoms with Crippen LogP contribution in [0.2, 0.25) is 0 Å². The van der Waals surface area contributed by atoms with Gasteiger partial charge in [-0.05, 0) is 43.6 Å². The molecule has 2 aliphatic rings. The zero-order valence-electron chi connectivity index (χ0n) is 11.9. The van der Waals surface area contributed by atoms with Crippen molar-refractivity contribution in [3.05, 3.63) is 29.8 Å². The van der Waals surface area contributed by atoms with Crippen LogP contribution in [0, 0.1) is 0 Å². The van der Waals surface area contributed by atoms with E-state index >= 15 is 0 Å². The fourth-order valence-corrected chi connectivity index (χ4v) is 3.18. The number of likely N-dealkylation sites (tertiary alicyclic amines) is 1. The summed E-state index contributed by atoms with van der Waals surface area (Å²) >= 11 is 0. The molecule has 1 aromatic rings. The molecule has 20 heavy (non-hydrogen) atoms. The summed E-state index contributed by atoms with van der Waals surface area (Å²) in [5, 5.41) is 0. The third-order valence-corrected chi connectivity index (χ3v) is 4.23. The molecule has 108 valence electrons. The molecule has 0 radical (unpaired) electrons. The Labute approximate surface area is 120 Å². The normalized spacial score (nSPS) is 24.4. The van der Waals surface area contributed by atoms with Gasteiger partial charge in [0.25, 0.3) is 0 Å². The zero-order valence-corrected chi connectivity index (χ0v) is 11.9. The van der Waals surface area contributed by atoms with E-state index in [1.54, 1.807) is 0 Å². The van der Waals surface area contributed by atoms with Gasteiger partial charge >= 0.3 is 0 Å². The van der Waals surface area contributed by atoms with E-state index < -0.39 is 0 Å². The predicted molar refractivity (Wildman–Crippen MR) is 80.5 cm³/mol. The standard InChI is InChI=1S/C16H23N3O/c17-14-10-16(20)19(12-14)15-6-4-5-13(9-15)11-18-7-2-1-3-8-18/h4-6,9,14H,1-3,7-8,10-12,17H2. The minimum absolute atomic E-state index is 0.0201. The SMILES string of the molecule is NC1CC(=O)N(c2cccc(CN3CCCCC3)c2)C1. The van der Waals surface area contributed by atoms with E-state index in [-0.39, 0.29) is 11.9 Å². The highest BCUT2D eigenvalue weighted by atomic mass is 16.2. The molecule has 1 atom stereocenters. The molecule has 1 aromatic carbocycles. The molecular formula is C16H23N3O. The van der Waals surface area contributed by atoms with Crippen molar-refractivity contribution < 1.29 is 4.79 Å². The number of hydrogen-bond donors (Lipinski definition) is 1. The van der Waals surface area contributed by atoms with Crippen LogP contribution in [0.4, 0.5) is 5.69 Å². The maximum Gasteiger partial charge on any atom is 0.228 e. The summed E-state index contributed by atoms with van der Waals surface area (Å²) in [5.74, 6) is 0.146. The molecule has 2 aliphatic heterocycles. The average Bonchev–Trinajstić information content (AvgIpc) is 2.79. The summed E-state index contributed by atoms with van der Waals surface area (Å²) in [6.45, 7) is 4.02. The molecule has 2 saturated heterocycles. The van der Waals surface area contributed by atoms with Crippen LogP contribution in [0.15, 0.2) is 24.3 Å². The van der Waals surface area contributed by atoms with E-state index in [2.05, 4.69) is 17.0 Å². The lowest BCUT2D eigenvalue weighted by molar-refractivity contribution is -0.117. The van der Waals surface area contributed by atoms with E-state index in [9.17, 15) is 4.79 Å². The first-order valence-corrected chi connectivity index (χ1v) is 7.59. The van der Waals surface area contributed by atoms with E-state index in [0.29, 0.717) is 13.0 Å². The first-order chi connectivity index (χ1) is 9.72. The Morgan fingerprint density at radius 2 is 2.00 bits per heavy atom. The molecule has 2 fully saturated rings. The minimum Gasteiger partial charge on any atom is -0.326 e. The fourth-order valence-electron chi connectivity index (χ4n) is 3.18. The number of hydrogen-bond acceptors (Lipinski definition) is 3. The smallest absolute Gasteiger partial charge is 0.228 e. The molecule has 4 heteroatoms. The van der Waals surface area contributed by atoms with Crippen LogP contribution in [-0.2, 0) is 11.3 Å². The molecule has 3 rings (SSSR count). The molecule has 0 aliphatic carbocycles. The van der Waals surface area contributed by atoms with E-state index in [0.717, 1.165) is 12.2 Å². The van der Waals surface area contributed by atoms with Gasteiger partial charge in [-0.3, -0.25) is 9.69 Å². The van der Waals surface area contributed by atoms with Gasteiger partial charge < -0.3 is 10.6 Å². The Kier molecular flexibility index (Phi) is 4.03. The number of anilines is 1. The van der Waals surface area contributed by atoms with Crippen LogP contribution < -0.4 is 10.6 Å². The molecule has 1 unspecified atom stereocenters. The van der Waals surface area contributed by atoms with Crippen LogP contribution in [0.1, 0.15) is 31.2 Å². The zero-order chi connectivity index (χ0) is 13.9. The summed E-state index contributed by atoms with van der Waals surface area (Å²) in [6.07, 6.45) is 4.44. The van der Waals surface area contributed by atoms with Crippen molar-refractivity contribution in [1.29, 1.82) is 0 Å². The van der Waals surface area contributed by atoms with Crippen LogP contribution in [-0.4, -0.2) is 36.5 Å². The number of carbonyl (C=O) groups excluding carboxylic acids is 1. The topological polar surface area (TPSA) is 49.6 Å². The lowest BCUT2D eigenvalue weighted by Gasteiger charge is -2.27. The largest absolute Gasteiger partial charge is 0.326 e. The Morgan fingerprint density at radius 1 is 1.20 bits per heavy atom. The third kappa shape index (κ3) is 3.02. The van der Waals surface area contributed by atoms with Gasteiger partial charge in [0.05, 0.1) is 0 Å².